The molecule has 0 spiro atoms. The van der Waals surface area contributed by atoms with E-state index in [0.717, 1.165) is 28.3 Å². The number of nitrogens with zero attached hydrogens (tertiary/aromatic N) is 5. The summed E-state index contributed by atoms with van der Waals surface area (Å²) < 4.78 is 17.2. The molecule has 0 fully saturated rings. The van der Waals surface area contributed by atoms with Crippen LogP contribution >= 0.6 is 0 Å². The first kappa shape index (κ1) is 20.2. The second kappa shape index (κ2) is 7.84. The predicted octanol–water partition coefficient (Wildman–Crippen LogP) is 4.66. The lowest BCUT2D eigenvalue weighted by molar-refractivity contribution is 0.0743. The summed E-state index contributed by atoms with van der Waals surface area (Å²) in [4.78, 5) is 15.0. The fourth-order valence-electron chi connectivity index (χ4n) is 4.32. The molecule has 7 nitrogen and oxygen atoms in total. The number of nitrogens with one attached hydrogen (secondary N) is 1. The molecule has 0 bridgehead atoms. The van der Waals surface area contributed by atoms with Gasteiger partial charge in [-0.25, -0.2) is 9.07 Å². The molecule has 1 aliphatic heterocycles. The Balaban J connectivity index is 1.31. The number of H-pyrrole nitrogens is 1. The van der Waals surface area contributed by atoms with Crippen LogP contribution in [0.3, 0.4) is 0 Å². The number of fused-ring (bicyclic) bond motifs is 1. The van der Waals surface area contributed by atoms with Crippen LogP contribution in [0.1, 0.15) is 27.3 Å². The summed E-state index contributed by atoms with van der Waals surface area (Å²) in [7, 11) is 0. The number of rotatable bonds is 4. The molecule has 8 heteroatoms. The molecule has 168 valence electrons. The van der Waals surface area contributed by atoms with Crippen LogP contribution < -0.4 is 0 Å². The topological polar surface area (TPSA) is 71.7 Å². The smallest absolute Gasteiger partial charge is 0.272 e. The fourth-order valence-corrected chi connectivity index (χ4v) is 4.32. The second-order valence-electron chi connectivity index (χ2n) is 8.42. The number of halogens is 1. The van der Waals surface area contributed by atoms with Crippen LogP contribution in [-0.4, -0.2) is 35.4 Å². The number of benzene rings is 2. The Morgan fingerprint density at radius 2 is 1.74 bits per heavy atom. The maximum atomic E-state index is 13.3. The summed E-state index contributed by atoms with van der Waals surface area (Å²) in [5.74, 6) is 0.460. The molecule has 0 saturated heterocycles. The number of carbonyl (C=O) groups excluding carboxylic acids is 1. The average molecular weight is 452 g/mol. The van der Waals surface area contributed by atoms with Gasteiger partial charge in [-0.05, 0) is 61.5 Å². The highest BCUT2D eigenvalue weighted by Crippen LogP contribution is 2.31. The quantitative estimate of drug-likeness (QED) is 0.431. The standard InChI is InChI=1S/C26H21FN6O/c1-17-4-10-20(11-5-17)33-25(31-12-2-3-13-31)21-15-32(16-24(21)30-33)26(34)23-14-22(28-29-23)18-6-8-19(27)9-7-18/h2-14H,15-16H2,1H3,(H,28,29). The van der Waals surface area contributed by atoms with Crippen LogP contribution in [0.15, 0.2) is 79.1 Å². The van der Waals surface area contributed by atoms with E-state index in [-0.39, 0.29) is 11.7 Å². The molecule has 0 aliphatic carbocycles. The van der Waals surface area contributed by atoms with Gasteiger partial charge in [0, 0.05) is 23.5 Å². The normalized spacial score (nSPS) is 12.8. The Bertz CT molecular complexity index is 1480. The van der Waals surface area contributed by atoms with Crippen molar-refractivity contribution in [3.63, 3.8) is 0 Å². The van der Waals surface area contributed by atoms with E-state index in [4.69, 9.17) is 5.10 Å². The van der Waals surface area contributed by atoms with Crippen LogP contribution in [-0.2, 0) is 13.1 Å². The number of amides is 1. The maximum absolute atomic E-state index is 13.3. The van der Waals surface area contributed by atoms with Gasteiger partial charge in [-0.3, -0.25) is 9.89 Å². The molecule has 4 heterocycles. The molecule has 1 amide bonds. The zero-order valence-corrected chi connectivity index (χ0v) is 18.4. The average Bonchev–Trinajstić information content (AvgIpc) is 3.63. The zero-order chi connectivity index (χ0) is 23.2. The highest BCUT2D eigenvalue weighted by molar-refractivity contribution is 5.93. The first-order valence-corrected chi connectivity index (χ1v) is 11.0. The van der Waals surface area contributed by atoms with Crippen molar-refractivity contribution in [2.45, 2.75) is 20.0 Å². The first-order valence-electron chi connectivity index (χ1n) is 11.0. The minimum atomic E-state index is -0.314. The second-order valence-corrected chi connectivity index (χ2v) is 8.42. The van der Waals surface area contributed by atoms with Crippen molar-refractivity contribution in [2.75, 3.05) is 0 Å². The van der Waals surface area contributed by atoms with Gasteiger partial charge in [-0.1, -0.05) is 17.7 Å². The van der Waals surface area contributed by atoms with Crippen LogP contribution in [0.25, 0.3) is 22.8 Å². The number of carbonyl (C=O) groups is 1. The van der Waals surface area contributed by atoms with E-state index in [1.807, 2.05) is 33.8 Å². The molecule has 0 radical (unpaired) electrons. The van der Waals surface area contributed by atoms with E-state index in [9.17, 15) is 9.18 Å². The maximum Gasteiger partial charge on any atom is 0.272 e. The lowest BCUT2D eigenvalue weighted by Gasteiger charge is -2.16. The molecule has 1 N–H and O–H groups in total. The van der Waals surface area contributed by atoms with E-state index in [0.29, 0.717) is 24.5 Å². The Morgan fingerprint density at radius 3 is 2.47 bits per heavy atom. The first-order chi connectivity index (χ1) is 16.6. The largest absolute Gasteiger partial charge is 0.327 e. The number of aromatic amines is 1. The minimum Gasteiger partial charge on any atom is -0.327 e. The molecule has 0 saturated carbocycles. The van der Waals surface area contributed by atoms with E-state index >= 15 is 0 Å². The molecule has 34 heavy (non-hydrogen) atoms. The molecule has 3 aromatic heterocycles. The third-order valence-corrected chi connectivity index (χ3v) is 6.09. The summed E-state index contributed by atoms with van der Waals surface area (Å²) in [5, 5.41) is 12.0. The number of hydrogen-bond donors (Lipinski definition) is 1. The molecule has 1 aliphatic rings. The van der Waals surface area contributed by atoms with Crippen LogP contribution in [0.2, 0.25) is 0 Å². The fraction of sp³-hybridized carbons (Fsp3) is 0.115. The lowest BCUT2D eigenvalue weighted by Crippen LogP contribution is -2.26. The summed E-state index contributed by atoms with van der Waals surface area (Å²) in [6.07, 6.45) is 3.96. The van der Waals surface area contributed by atoms with Gasteiger partial charge in [0.1, 0.15) is 17.3 Å². The molecule has 6 rings (SSSR count). The van der Waals surface area contributed by atoms with Gasteiger partial charge < -0.3 is 9.47 Å². The minimum absolute atomic E-state index is 0.154. The summed E-state index contributed by atoms with van der Waals surface area (Å²) in [6, 6.07) is 19.9. The van der Waals surface area contributed by atoms with Crippen molar-refractivity contribution in [2.24, 2.45) is 0 Å². The molecular formula is C26H21FN6O. The highest BCUT2D eigenvalue weighted by Gasteiger charge is 2.32. The Morgan fingerprint density at radius 1 is 1.00 bits per heavy atom. The number of aryl methyl sites for hydroxylation is 1. The lowest BCUT2D eigenvalue weighted by atomic mass is 10.1. The van der Waals surface area contributed by atoms with E-state index < -0.39 is 0 Å². The van der Waals surface area contributed by atoms with Crippen molar-refractivity contribution < 1.29 is 9.18 Å². The van der Waals surface area contributed by atoms with Crippen molar-refractivity contribution in [3.8, 4) is 22.8 Å². The molecule has 5 aromatic rings. The number of hydrogen-bond acceptors (Lipinski definition) is 3. The summed E-state index contributed by atoms with van der Waals surface area (Å²) >= 11 is 0. The highest BCUT2D eigenvalue weighted by atomic mass is 19.1. The van der Waals surface area contributed by atoms with Crippen molar-refractivity contribution >= 4 is 5.91 Å². The Labute approximate surface area is 195 Å². The predicted molar refractivity (Wildman–Crippen MR) is 125 cm³/mol. The van der Waals surface area contributed by atoms with Crippen LogP contribution in [0.4, 0.5) is 4.39 Å². The van der Waals surface area contributed by atoms with Crippen LogP contribution in [0.5, 0.6) is 0 Å². The van der Waals surface area contributed by atoms with Gasteiger partial charge in [0.15, 0.2) is 0 Å². The summed E-state index contributed by atoms with van der Waals surface area (Å²) in [5.41, 5.74) is 5.77. The van der Waals surface area contributed by atoms with E-state index in [1.54, 1.807) is 23.1 Å². The van der Waals surface area contributed by atoms with Gasteiger partial charge >= 0.3 is 0 Å². The zero-order valence-electron chi connectivity index (χ0n) is 18.4. The summed E-state index contributed by atoms with van der Waals surface area (Å²) in [6.45, 7) is 2.91. The SMILES string of the molecule is Cc1ccc(-n2nc3c(c2-n2cccc2)CN(C(=O)c2cc(-c4ccc(F)cc4)n[nH]2)C3)cc1. The molecule has 0 unspecified atom stereocenters. The molecular weight excluding hydrogens is 431 g/mol. The monoisotopic (exact) mass is 452 g/mol. The van der Waals surface area contributed by atoms with E-state index in [2.05, 4.69) is 41.4 Å². The number of aromatic nitrogens is 5. The van der Waals surface area contributed by atoms with Gasteiger partial charge in [0.05, 0.1) is 30.2 Å². The Kier molecular flexibility index (Phi) is 4.65. The third kappa shape index (κ3) is 3.40. The van der Waals surface area contributed by atoms with Gasteiger partial charge in [-0.2, -0.15) is 10.2 Å². The van der Waals surface area contributed by atoms with Crippen LogP contribution in [0, 0.1) is 12.7 Å². The Hall–Kier alpha value is -4.46. The van der Waals surface area contributed by atoms with Crippen molar-refractivity contribution in [1.29, 1.82) is 0 Å². The third-order valence-electron chi connectivity index (χ3n) is 6.09. The van der Waals surface area contributed by atoms with E-state index in [1.165, 1.54) is 17.7 Å². The molecule has 2 aromatic carbocycles. The van der Waals surface area contributed by atoms with Crippen molar-refractivity contribution in [1.82, 2.24) is 29.4 Å². The van der Waals surface area contributed by atoms with Crippen molar-refractivity contribution in [3.05, 3.63) is 107 Å². The van der Waals surface area contributed by atoms with Gasteiger partial charge in [0.25, 0.3) is 5.91 Å². The molecule has 0 atom stereocenters. The van der Waals surface area contributed by atoms with Gasteiger partial charge in [-0.15, -0.1) is 0 Å². The van der Waals surface area contributed by atoms with Gasteiger partial charge in [0.2, 0.25) is 0 Å².